The van der Waals surface area contributed by atoms with Gasteiger partial charge in [-0.3, -0.25) is 4.79 Å². The van der Waals surface area contributed by atoms with Crippen LogP contribution in [0.4, 0.5) is 4.39 Å². The van der Waals surface area contributed by atoms with Gasteiger partial charge in [0.25, 0.3) is 5.91 Å². The minimum Gasteiger partial charge on any atom is -0.379 e. The molecule has 1 aliphatic heterocycles. The van der Waals surface area contributed by atoms with Crippen LogP contribution in [0.15, 0.2) is 17.0 Å². The Labute approximate surface area is 122 Å². The lowest BCUT2D eigenvalue weighted by Crippen LogP contribution is -2.41. The third-order valence-electron chi connectivity index (χ3n) is 3.30. The van der Waals surface area contributed by atoms with Gasteiger partial charge in [0.2, 0.25) is 10.0 Å². The van der Waals surface area contributed by atoms with Crippen molar-refractivity contribution in [2.24, 2.45) is 5.14 Å². The number of amides is 1. The van der Waals surface area contributed by atoms with Crippen molar-refractivity contribution in [3.8, 4) is 0 Å². The average molecular weight is 316 g/mol. The number of carbonyl (C=O) groups is 1. The van der Waals surface area contributed by atoms with Crippen LogP contribution in [0.5, 0.6) is 0 Å². The highest BCUT2D eigenvalue weighted by atomic mass is 32.2. The van der Waals surface area contributed by atoms with Crippen LogP contribution in [0.2, 0.25) is 0 Å². The van der Waals surface area contributed by atoms with Gasteiger partial charge in [0.1, 0.15) is 5.82 Å². The van der Waals surface area contributed by atoms with Crippen molar-refractivity contribution in [2.75, 3.05) is 13.2 Å². The third kappa shape index (κ3) is 3.78. The second-order valence-corrected chi connectivity index (χ2v) is 6.60. The fourth-order valence-electron chi connectivity index (χ4n) is 2.18. The number of ether oxygens (including phenoxy) is 1. The van der Waals surface area contributed by atoms with Gasteiger partial charge in [-0.25, -0.2) is 17.9 Å². The molecule has 1 amide bonds. The van der Waals surface area contributed by atoms with Crippen molar-refractivity contribution in [3.63, 3.8) is 0 Å². The van der Waals surface area contributed by atoms with E-state index in [9.17, 15) is 17.6 Å². The Morgan fingerprint density at radius 2 is 2.19 bits per heavy atom. The molecule has 1 atom stereocenters. The fourth-order valence-corrected chi connectivity index (χ4v) is 2.81. The smallest absolute Gasteiger partial charge is 0.254 e. The lowest BCUT2D eigenvalue weighted by Gasteiger charge is -2.23. The number of hydrogen-bond donors (Lipinski definition) is 2. The summed E-state index contributed by atoms with van der Waals surface area (Å²) < 4.78 is 42.0. The van der Waals surface area contributed by atoms with Crippen LogP contribution >= 0.6 is 0 Å². The van der Waals surface area contributed by atoms with E-state index in [0.717, 1.165) is 25.0 Å². The normalized spacial score (nSPS) is 19.3. The summed E-state index contributed by atoms with van der Waals surface area (Å²) in [5.41, 5.74) is -0.281. The Bertz CT molecular complexity index is 654. The Hall–Kier alpha value is -1.51. The third-order valence-corrected chi connectivity index (χ3v) is 4.19. The Kier molecular flexibility index (Phi) is 4.60. The average Bonchev–Trinajstić information content (AvgIpc) is 2.41. The molecule has 0 aromatic heterocycles. The zero-order valence-corrected chi connectivity index (χ0v) is 12.4. The Morgan fingerprint density at radius 3 is 2.76 bits per heavy atom. The largest absolute Gasteiger partial charge is 0.379 e. The molecule has 0 aliphatic carbocycles. The van der Waals surface area contributed by atoms with Gasteiger partial charge >= 0.3 is 0 Å². The molecule has 2 rings (SSSR count). The van der Waals surface area contributed by atoms with E-state index < -0.39 is 21.7 Å². The summed E-state index contributed by atoms with van der Waals surface area (Å²) >= 11 is 0. The van der Waals surface area contributed by atoms with E-state index in [1.54, 1.807) is 0 Å². The van der Waals surface area contributed by atoms with Gasteiger partial charge in [0.15, 0.2) is 0 Å². The van der Waals surface area contributed by atoms with Gasteiger partial charge in [-0.1, -0.05) is 0 Å². The van der Waals surface area contributed by atoms with Crippen LogP contribution in [0.1, 0.15) is 28.8 Å². The van der Waals surface area contributed by atoms with Crippen LogP contribution in [0, 0.1) is 12.7 Å². The summed E-state index contributed by atoms with van der Waals surface area (Å²) in [6, 6.07) is 1.85. The molecule has 0 bridgehead atoms. The quantitative estimate of drug-likeness (QED) is 0.857. The van der Waals surface area contributed by atoms with E-state index in [0.29, 0.717) is 13.2 Å². The summed E-state index contributed by atoms with van der Waals surface area (Å²) in [4.78, 5) is 11.8. The molecule has 1 aromatic carbocycles. The summed E-state index contributed by atoms with van der Waals surface area (Å²) in [6.07, 6.45) is 1.55. The van der Waals surface area contributed by atoms with Crippen molar-refractivity contribution in [1.82, 2.24) is 5.32 Å². The first-order chi connectivity index (χ1) is 9.79. The van der Waals surface area contributed by atoms with Gasteiger partial charge in [-0.15, -0.1) is 0 Å². The number of nitrogens with one attached hydrogen (secondary N) is 1. The maximum absolute atomic E-state index is 14.0. The summed E-state index contributed by atoms with van der Waals surface area (Å²) in [7, 11) is -4.00. The van der Waals surface area contributed by atoms with Crippen molar-refractivity contribution in [3.05, 3.63) is 29.1 Å². The second kappa shape index (κ2) is 6.08. The second-order valence-electron chi connectivity index (χ2n) is 5.03. The topological polar surface area (TPSA) is 98.5 Å². The molecule has 0 saturated carbocycles. The molecule has 1 aromatic rings. The molecule has 21 heavy (non-hydrogen) atoms. The van der Waals surface area contributed by atoms with Gasteiger partial charge in [-0.05, 0) is 37.5 Å². The fraction of sp³-hybridized carbons (Fsp3) is 0.462. The molecular formula is C13H17FN2O4S. The number of halogens is 1. The van der Waals surface area contributed by atoms with Crippen LogP contribution in [-0.2, 0) is 14.8 Å². The standard InChI is InChI=1S/C13H17FN2O4S/c1-8-5-10(21(15,18)19)6-11(12(8)14)13(17)16-9-3-2-4-20-7-9/h5-6,9H,2-4,7H2,1H3,(H,16,17)(H2,15,18,19). The highest BCUT2D eigenvalue weighted by Gasteiger charge is 2.22. The molecule has 1 aliphatic rings. The maximum atomic E-state index is 14.0. The van der Waals surface area contributed by atoms with Gasteiger partial charge in [0, 0.05) is 6.61 Å². The molecule has 0 radical (unpaired) electrons. The lowest BCUT2D eigenvalue weighted by molar-refractivity contribution is 0.0622. The zero-order chi connectivity index (χ0) is 15.6. The van der Waals surface area contributed by atoms with Crippen molar-refractivity contribution >= 4 is 15.9 Å². The Morgan fingerprint density at radius 1 is 1.48 bits per heavy atom. The molecular weight excluding hydrogens is 299 g/mol. The van der Waals surface area contributed by atoms with Crippen molar-refractivity contribution in [1.29, 1.82) is 0 Å². The van der Waals surface area contributed by atoms with E-state index in [1.165, 1.54) is 6.92 Å². The maximum Gasteiger partial charge on any atom is 0.254 e. The number of sulfonamides is 1. The van der Waals surface area contributed by atoms with Crippen LogP contribution in [-0.4, -0.2) is 33.6 Å². The molecule has 1 saturated heterocycles. The highest BCUT2D eigenvalue weighted by molar-refractivity contribution is 7.89. The van der Waals surface area contributed by atoms with Crippen LogP contribution < -0.4 is 10.5 Å². The molecule has 6 nitrogen and oxygen atoms in total. The van der Waals surface area contributed by atoms with Crippen LogP contribution in [0.3, 0.4) is 0 Å². The predicted molar refractivity (Wildman–Crippen MR) is 73.8 cm³/mol. The summed E-state index contributed by atoms with van der Waals surface area (Å²) in [5.74, 6) is -1.42. The predicted octanol–water partition coefficient (Wildman–Crippen LogP) is 0.690. The van der Waals surface area contributed by atoms with E-state index in [2.05, 4.69) is 5.32 Å². The first-order valence-corrected chi connectivity index (χ1v) is 8.05. The first-order valence-electron chi connectivity index (χ1n) is 6.50. The molecule has 3 N–H and O–H groups in total. The molecule has 1 unspecified atom stereocenters. The number of hydrogen-bond acceptors (Lipinski definition) is 4. The minimum absolute atomic E-state index is 0.0477. The zero-order valence-electron chi connectivity index (χ0n) is 11.6. The number of nitrogens with two attached hydrogens (primary N) is 1. The minimum atomic E-state index is -4.00. The van der Waals surface area contributed by atoms with Gasteiger partial charge < -0.3 is 10.1 Å². The van der Waals surface area contributed by atoms with Crippen LogP contribution in [0.25, 0.3) is 0 Å². The SMILES string of the molecule is Cc1cc(S(N)(=O)=O)cc(C(=O)NC2CCCOC2)c1F. The first kappa shape index (κ1) is 15.9. The number of benzene rings is 1. The number of aryl methyl sites for hydroxylation is 1. The van der Waals surface area contributed by atoms with Crippen molar-refractivity contribution < 1.29 is 22.3 Å². The summed E-state index contributed by atoms with van der Waals surface area (Å²) in [6.45, 7) is 2.38. The molecule has 0 spiro atoms. The number of rotatable bonds is 3. The lowest BCUT2D eigenvalue weighted by atomic mass is 10.1. The number of primary sulfonamides is 1. The van der Waals surface area contributed by atoms with E-state index >= 15 is 0 Å². The molecule has 8 heteroatoms. The van der Waals surface area contributed by atoms with E-state index in [4.69, 9.17) is 9.88 Å². The van der Waals surface area contributed by atoms with E-state index in [1.807, 2.05) is 0 Å². The highest BCUT2D eigenvalue weighted by Crippen LogP contribution is 2.19. The monoisotopic (exact) mass is 316 g/mol. The Balaban J connectivity index is 2.29. The number of carbonyl (C=O) groups excluding carboxylic acids is 1. The molecule has 1 fully saturated rings. The van der Waals surface area contributed by atoms with Crippen molar-refractivity contribution in [2.45, 2.75) is 30.7 Å². The van der Waals surface area contributed by atoms with E-state index in [-0.39, 0.29) is 22.1 Å². The molecule has 116 valence electrons. The molecule has 1 heterocycles. The summed E-state index contributed by atoms with van der Waals surface area (Å²) in [5, 5.41) is 7.67. The van der Waals surface area contributed by atoms with Gasteiger partial charge in [-0.2, -0.15) is 0 Å². The van der Waals surface area contributed by atoms with Gasteiger partial charge in [0.05, 0.1) is 23.1 Å².